The monoisotopic (exact) mass is 299 g/mol. The fourth-order valence-electron chi connectivity index (χ4n) is 4.81. The standard InChI is InChI=1S/C16H13NO5/c18-12-2-6-1-11-15(22-11)13-7-3-9-10(21-5-20-9)4-8(7)16(19)17(12)14(6)13/h3-4,6,11,13-15H,1-2,5H2. The van der Waals surface area contributed by atoms with Crippen LogP contribution in [0, 0.1) is 5.92 Å². The Labute approximate surface area is 125 Å². The molecule has 112 valence electrons. The number of fused-ring (bicyclic) bond motifs is 5. The normalized spacial score (nSPS) is 39.5. The van der Waals surface area contributed by atoms with Gasteiger partial charge in [-0.1, -0.05) is 0 Å². The quantitative estimate of drug-likeness (QED) is 0.529. The van der Waals surface area contributed by atoms with Crippen molar-refractivity contribution in [2.45, 2.75) is 37.0 Å². The van der Waals surface area contributed by atoms with Gasteiger partial charge in [-0.05, 0) is 30.0 Å². The maximum absolute atomic E-state index is 12.8. The lowest BCUT2D eigenvalue weighted by atomic mass is 9.71. The molecule has 6 rings (SSSR count). The van der Waals surface area contributed by atoms with Crippen molar-refractivity contribution in [1.82, 2.24) is 4.90 Å². The summed E-state index contributed by atoms with van der Waals surface area (Å²) in [6, 6.07) is 3.60. The summed E-state index contributed by atoms with van der Waals surface area (Å²) in [4.78, 5) is 26.6. The smallest absolute Gasteiger partial charge is 0.261 e. The molecule has 1 aliphatic carbocycles. The lowest BCUT2D eigenvalue weighted by molar-refractivity contribution is -0.126. The second-order valence-electron chi connectivity index (χ2n) is 6.72. The van der Waals surface area contributed by atoms with Gasteiger partial charge in [0.2, 0.25) is 12.7 Å². The Morgan fingerprint density at radius 1 is 1.14 bits per heavy atom. The predicted molar refractivity (Wildman–Crippen MR) is 71.7 cm³/mol. The molecule has 0 spiro atoms. The largest absolute Gasteiger partial charge is 0.454 e. The van der Waals surface area contributed by atoms with Crippen molar-refractivity contribution in [1.29, 1.82) is 0 Å². The number of epoxide rings is 1. The number of hydrogen-bond donors (Lipinski definition) is 0. The number of nitrogens with zero attached hydrogens (tertiary/aromatic N) is 1. The van der Waals surface area contributed by atoms with Gasteiger partial charge in [-0.25, -0.2) is 0 Å². The fourth-order valence-corrected chi connectivity index (χ4v) is 4.81. The average molecular weight is 299 g/mol. The summed E-state index contributed by atoms with van der Waals surface area (Å²) >= 11 is 0. The van der Waals surface area contributed by atoms with Gasteiger partial charge in [0.05, 0.1) is 18.2 Å². The van der Waals surface area contributed by atoms with Crippen molar-refractivity contribution in [2.75, 3.05) is 6.79 Å². The molecule has 6 heteroatoms. The van der Waals surface area contributed by atoms with Crippen LogP contribution in [0.25, 0.3) is 0 Å². The third kappa shape index (κ3) is 1.18. The van der Waals surface area contributed by atoms with Gasteiger partial charge in [0.15, 0.2) is 11.5 Å². The van der Waals surface area contributed by atoms with Crippen molar-refractivity contribution in [2.24, 2.45) is 5.92 Å². The highest BCUT2D eigenvalue weighted by Gasteiger charge is 2.64. The maximum atomic E-state index is 12.8. The summed E-state index contributed by atoms with van der Waals surface area (Å²) in [5.41, 5.74) is 1.53. The van der Waals surface area contributed by atoms with Crippen molar-refractivity contribution in [3.63, 3.8) is 0 Å². The molecule has 5 unspecified atom stereocenters. The molecule has 1 saturated carbocycles. The fraction of sp³-hybridized carbons (Fsp3) is 0.500. The SMILES string of the molecule is O=C1CC2CC3OC3C3c4cc5c(cc4C(=O)N1C23)OCO5. The number of carbonyl (C=O) groups excluding carboxylic acids is 2. The van der Waals surface area contributed by atoms with Crippen molar-refractivity contribution in [3.05, 3.63) is 23.3 Å². The molecule has 2 saturated heterocycles. The Hall–Kier alpha value is -2.08. The molecule has 5 aliphatic rings. The highest BCUT2D eigenvalue weighted by atomic mass is 16.7. The van der Waals surface area contributed by atoms with Crippen LogP contribution in [0.3, 0.4) is 0 Å². The molecule has 0 bridgehead atoms. The molecule has 1 aromatic carbocycles. The van der Waals surface area contributed by atoms with Crippen LogP contribution < -0.4 is 9.47 Å². The number of hydrogen-bond acceptors (Lipinski definition) is 5. The van der Waals surface area contributed by atoms with Crippen molar-refractivity contribution in [3.8, 4) is 11.5 Å². The van der Waals surface area contributed by atoms with Gasteiger partial charge in [0.1, 0.15) is 0 Å². The predicted octanol–water partition coefficient (Wildman–Crippen LogP) is 1.04. The molecule has 0 N–H and O–H groups in total. The summed E-state index contributed by atoms with van der Waals surface area (Å²) in [6.45, 7) is 0.175. The van der Waals surface area contributed by atoms with Gasteiger partial charge >= 0.3 is 0 Å². The van der Waals surface area contributed by atoms with Crippen LogP contribution in [0.15, 0.2) is 12.1 Å². The summed E-state index contributed by atoms with van der Waals surface area (Å²) in [7, 11) is 0. The Balaban J connectivity index is 1.60. The summed E-state index contributed by atoms with van der Waals surface area (Å²) in [6.07, 6.45) is 1.72. The average Bonchev–Trinajstić information content (AvgIpc) is 2.99. The van der Waals surface area contributed by atoms with Gasteiger partial charge in [-0.15, -0.1) is 0 Å². The zero-order valence-electron chi connectivity index (χ0n) is 11.7. The molecule has 6 nitrogen and oxygen atoms in total. The van der Waals surface area contributed by atoms with E-state index in [9.17, 15) is 9.59 Å². The number of imide groups is 1. The van der Waals surface area contributed by atoms with E-state index in [1.807, 2.05) is 6.07 Å². The van der Waals surface area contributed by atoms with Crippen LogP contribution in [0.4, 0.5) is 0 Å². The van der Waals surface area contributed by atoms with Crippen LogP contribution in [0.5, 0.6) is 11.5 Å². The van der Waals surface area contributed by atoms with E-state index in [-0.39, 0.29) is 48.7 Å². The number of ether oxygens (including phenoxy) is 3. The summed E-state index contributed by atoms with van der Waals surface area (Å²) < 4.78 is 16.7. The van der Waals surface area contributed by atoms with E-state index in [1.165, 1.54) is 4.90 Å². The van der Waals surface area contributed by atoms with E-state index in [0.717, 1.165) is 12.0 Å². The van der Waals surface area contributed by atoms with Gasteiger partial charge in [0, 0.05) is 17.9 Å². The molecule has 5 atom stereocenters. The van der Waals surface area contributed by atoms with E-state index in [0.29, 0.717) is 23.5 Å². The van der Waals surface area contributed by atoms with Gasteiger partial charge in [0.25, 0.3) is 5.91 Å². The molecule has 2 amide bonds. The number of carbonyl (C=O) groups is 2. The highest BCUT2D eigenvalue weighted by molar-refractivity contribution is 6.09. The van der Waals surface area contributed by atoms with Crippen LogP contribution in [0.1, 0.15) is 34.7 Å². The topological polar surface area (TPSA) is 68.4 Å². The lowest BCUT2D eigenvalue weighted by Crippen LogP contribution is -2.51. The second-order valence-corrected chi connectivity index (χ2v) is 6.72. The van der Waals surface area contributed by atoms with Gasteiger partial charge in [-0.2, -0.15) is 0 Å². The first-order valence-corrected chi connectivity index (χ1v) is 7.68. The molecule has 22 heavy (non-hydrogen) atoms. The second kappa shape index (κ2) is 3.46. The van der Waals surface area contributed by atoms with Crippen molar-refractivity contribution < 1.29 is 23.8 Å². The van der Waals surface area contributed by atoms with Crippen LogP contribution in [-0.4, -0.2) is 41.8 Å². The molecule has 4 heterocycles. The van der Waals surface area contributed by atoms with E-state index < -0.39 is 0 Å². The van der Waals surface area contributed by atoms with E-state index >= 15 is 0 Å². The van der Waals surface area contributed by atoms with Gasteiger partial charge < -0.3 is 14.2 Å². The van der Waals surface area contributed by atoms with E-state index in [1.54, 1.807) is 6.07 Å². The molecule has 0 radical (unpaired) electrons. The first kappa shape index (κ1) is 11.5. The first-order valence-electron chi connectivity index (χ1n) is 7.68. The minimum Gasteiger partial charge on any atom is -0.454 e. The number of amides is 2. The molecule has 0 aromatic heterocycles. The molecule has 1 aromatic rings. The minimum atomic E-state index is -0.193. The third-order valence-corrected chi connectivity index (χ3v) is 5.72. The minimum absolute atomic E-state index is 0.0448. The maximum Gasteiger partial charge on any atom is 0.261 e. The molecular weight excluding hydrogens is 286 g/mol. The summed E-state index contributed by atoms with van der Waals surface area (Å²) in [5.74, 6) is 1.33. The van der Waals surface area contributed by atoms with Crippen molar-refractivity contribution >= 4 is 11.8 Å². The highest BCUT2D eigenvalue weighted by Crippen LogP contribution is 2.57. The Kier molecular flexibility index (Phi) is 1.80. The first-order chi connectivity index (χ1) is 10.7. The zero-order chi connectivity index (χ0) is 14.6. The van der Waals surface area contributed by atoms with Crippen LogP contribution in [-0.2, 0) is 9.53 Å². The lowest BCUT2D eigenvalue weighted by Gasteiger charge is -2.40. The third-order valence-electron chi connectivity index (χ3n) is 5.72. The van der Waals surface area contributed by atoms with Gasteiger partial charge in [-0.3, -0.25) is 14.5 Å². The Morgan fingerprint density at radius 2 is 1.95 bits per heavy atom. The molecule has 4 aliphatic heterocycles. The van der Waals surface area contributed by atoms with E-state index in [2.05, 4.69) is 0 Å². The summed E-state index contributed by atoms with van der Waals surface area (Å²) in [5, 5.41) is 0. The molecule has 3 fully saturated rings. The zero-order valence-corrected chi connectivity index (χ0v) is 11.7. The number of benzene rings is 1. The van der Waals surface area contributed by atoms with Crippen LogP contribution in [0.2, 0.25) is 0 Å². The van der Waals surface area contributed by atoms with E-state index in [4.69, 9.17) is 14.2 Å². The molecular formula is C16H13NO5. The Bertz CT molecular complexity index is 759. The Morgan fingerprint density at radius 3 is 2.82 bits per heavy atom. The van der Waals surface area contributed by atoms with Crippen LogP contribution >= 0.6 is 0 Å². The number of rotatable bonds is 0.